The summed E-state index contributed by atoms with van der Waals surface area (Å²) >= 11 is 0. The van der Waals surface area contributed by atoms with Gasteiger partial charge >= 0.3 is 0 Å². The van der Waals surface area contributed by atoms with Crippen molar-refractivity contribution >= 4 is 10.9 Å². The van der Waals surface area contributed by atoms with Gasteiger partial charge in [0.2, 0.25) is 0 Å². The van der Waals surface area contributed by atoms with Crippen LogP contribution in [0.1, 0.15) is 41.8 Å². The van der Waals surface area contributed by atoms with Crippen LogP contribution in [0.25, 0.3) is 10.9 Å². The quantitative estimate of drug-likeness (QED) is 0.559. The van der Waals surface area contributed by atoms with Crippen LogP contribution >= 0.6 is 0 Å². The van der Waals surface area contributed by atoms with Crippen molar-refractivity contribution < 1.29 is 14.9 Å². The average Bonchev–Trinajstić information content (AvgIpc) is 3.30. The second-order valence-corrected chi connectivity index (χ2v) is 9.61. The zero-order valence-corrected chi connectivity index (χ0v) is 17.6. The molecule has 3 N–H and O–H groups in total. The Morgan fingerprint density at radius 1 is 1.26 bits per heavy atom. The molecule has 0 unspecified atom stereocenters. The predicted octanol–water partition coefficient (Wildman–Crippen LogP) is 3.74. The number of H-pyrrole nitrogens is 1. The van der Waals surface area contributed by atoms with Crippen molar-refractivity contribution in [2.45, 2.75) is 49.3 Å². The molecule has 3 heterocycles. The number of piperidine rings is 1. The number of phenolic OH excluding ortho intramolecular Hbond substituents is 1. The lowest BCUT2D eigenvalue weighted by Crippen LogP contribution is -2.74. The minimum absolute atomic E-state index is 0.00774. The molecule has 2 aliphatic carbocycles. The van der Waals surface area contributed by atoms with Crippen molar-refractivity contribution in [1.82, 2.24) is 9.88 Å². The number of allylic oxidation sites excluding steroid dienone is 1. The second kappa shape index (κ2) is 5.72. The molecule has 0 radical (unpaired) electrons. The van der Waals surface area contributed by atoms with E-state index < -0.39 is 11.0 Å². The van der Waals surface area contributed by atoms with Crippen LogP contribution in [0.3, 0.4) is 0 Å². The summed E-state index contributed by atoms with van der Waals surface area (Å²) in [5.41, 5.74) is 4.06. The predicted molar refractivity (Wildman–Crippen MR) is 119 cm³/mol. The number of para-hydroxylation sites is 1. The summed E-state index contributed by atoms with van der Waals surface area (Å²) < 4.78 is 6.57. The fraction of sp³-hybridized carbons (Fsp3) is 0.385. The summed E-state index contributed by atoms with van der Waals surface area (Å²) in [4.78, 5) is 6.06. The summed E-state index contributed by atoms with van der Waals surface area (Å²) in [6.45, 7) is 3.79. The van der Waals surface area contributed by atoms with E-state index in [0.717, 1.165) is 53.7 Å². The largest absolute Gasteiger partial charge is 0.504 e. The fourth-order valence-electron chi connectivity index (χ4n) is 7.18. The minimum Gasteiger partial charge on any atom is -0.504 e. The summed E-state index contributed by atoms with van der Waals surface area (Å²) in [7, 11) is 0. The molecule has 4 atom stereocenters. The smallest absolute Gasteiger partial charge is 0.166 e. The van der Waals surface area contributed by atoms with Crippen LogP contribution < -0.4 is 4.74 Å². The van der Waals surface area contributed by atoms with Gasteiger partial charge in [-0.1, -0.05) is 36.4 Å². The topological polar surface area (TPSA) is 68.7 Å². The Kier molecular flexibility index (Phi) is 3.30. The lowest BCUT2D eigenvalue weighted by molar-refractivity contribution is -0.170. The number of nitrogens with zero attached hydrogens (tertiary/aromatic N) is 1. The molecule has 3 aromatic rings. The first-order valence-corrected chi connectivity index (χ1v) is 11.3. The van der Waals surface area contributed by atoms with Gasteiger partial charge in [-0.3, -0.25) is 4.90 Å². The first kappa shape index (κ1) is 17.9. The van der Waals surface area contributed by atoms with Gasteiger partial charge in [-0.25, -0.2) is 0 Å². The highest BCUT2D eigenvalue weighted by Gasteiger charge is 2.72. The first-order chi connectivity index (χ1) is 15.1. The van der Waals surface area contributed by atoms with E-state index in [-0.39, 0.29) is 17.9 Å². The molecule has 0 saturated carbocycles. The van der Waals surface area contributed by atoms with E-state index in [9.17, 15) is 10.2 Å². The molecular formula is C26H26N2O3. The van der Waals surface area contributed by atoms with Crippen LogP contribution in [0.15, 0.2) is 48.6 Å². The molecular weight excluding hydrogens is 388 g/mol. The highest BCUT2D eigenvalue weighted by atomic mass is 16.5. The minimum atomic E-state index is -0.957. The lowest BCUT2D eigenvalue weighted by Gasteiger charge is -2.62. The molecule has 2 bridgehead atoms. The summed E-state index contributed by atoms with van der Waals surface area (Å²) in [5.74, 6) is 0.755. The maximum absolute atomic E-state index is 12.7. The molecule has 0 amide bonds. The van der Waals surface area contributed by atoms with Crippen LogP contribution in [0.2, 0.25) is 0 Å². The standard InChI is InChI=1S/C26H26N2O3/c1-2-3-11-28-12-10-25-21-15-8-9-19(29)23(21)31-24(25)22-17(14-26(25,30)20(28)13-15)16-6-4-5-7-18(16)27-22/h2-9,20,24,27,29-30H,10-14H2,1H3/b3-2+/t20-,24+,25+,26-/m1/s1. The molecule has 1 fully saturated rings. The van der Waals surface area contributed by atoms with Gasteiger partial charge < -0.3 is 19.9 Å². The number of rotatable bonds is 2. The summed E-state index contributed by atoms with van der Waals surface area (Å²) in [6.07, 6.45) is 6.12. The van der Waals surface area contributed by atoms with E-state index >= 15 is 0 Å². The summed E-state index contributed by atoms with van der Waals surface area (Å²) in [6, 6.07) is 12.1. The molecule has 2 aromatic carbocycles. The highest BCUT2D eigenvalue weighted by Crippen LogP contribution is 2.68. The van der Waals surface area contributed by atoms with Crippen LogP contribution in [0.5, 0.6) is 11.5 Å². The van der Waals surface area contributed by atoms with E-state index in [1.54, 1.807) is 6.07 Å². The van der Waals surface area contributed by atoms with E-state index in [1.807, 2.05) is 19.1 Å². The van der Waals surface area contributed by atoms with Gasteiger partial charge in [0.15, 0.2) is 17.6 Å². The van der Waals surface area contributed by atoms with E-state index in [2.05, 4.69) is 40.2 Å². The normalized spacial score (nSPS) is 32.8. The number of hydrogen-bond acceptors (Lipinski definition) is 4. The maximum Gasteiger partial charge on any atom is 0.166 e. The number of aromatic amines is 1. The van der Waals surface area contributed by atoms with Gasteiger partial charge in [-0.15, -0.1) is 0 Å². The van der Waals surface area contributed by atoms with Crippen molar-refractivity contribution in [2.24, 2.45) is 0 Å². The molecule has 31 heavy (non-hydrogen) atoms. The van der Waals surface area contributed by atoms with Gasteiger partial charge in [-0.05, 0) is 43.0 Å². The van der Waals surface area contributed by atoms with Crippen molar-refractivity contribution in [1.29, 1.82) is 0 Å². The fourth-order valence-corrected chi connectivity index (χ4v) is 7.18. The molecule has 1 spiro atoms. The maximum atomic E-state index is 12.7. The van der Waals surface area contributed by atoms with Gasteiger partial charge in [-0.2, -0.15) is 0 Å². The van der Waals surface area contributed by atoms with Crippen molar-refractivity contribution in [3.05, 3.63) is 70.9 Å². The van der Waals surface area contributed by atoms with E-state index in [0.29, 0.717) is 12.2 Å². The first-order valence-electron chi connectivity index (χ1n) is 11.3. The number of ether oxygens (including phenoxy) is 1. The van der Waals surface area contributed by atoms with Gasteiger partial charge in [0.1, 0.15) is 0 Å². The molecule has 4 aliphatic rings. The number of hydrogen-bond donors (Lipinski definition) is 3. The number of phenols is 1. The van der Waals surface area contributed by atoms with Gasteiger partial charge in [0, 0.05) is 42.0 Å². The third-order valence-corrected chi connectivity index (χ3v) is 8.45. The molecule has 2 aliphatic heterocycles. The lowest BCUT2D eigenvalue weighted by atomic mass is 9.49. The Morgan fingerprint density at radius 2 is 2.13 bits per heavy atom. The van der Waals surface area contributed by atoms with Crippen LogP contribution in [0, 0.1) is 0 Å². The van der Waals surface area contributed by atoms with E-state index in [4.69, 9.17) is 4.74 Å². The molecule has 158 valence electrons. The second-order valence-electron chi connectivity index (χ2n) is 9.61. The Labute approximate surface area is 181 Å². The van der Waals surface area contributed by atoms with Gasteiger partial charge in [0.05, 0.1) is 16.7 Å². The summed E-state index contributed by atoms with van der Waals surface area (Å²) in [5, 5.41) is 24.5. The number of likely N-dealkylation sites (tertiary alicyclic amines) is 1. The number of aromatic hydroxyl groups is 1. The Morgan fingerprint density at radius 3 is 3.00 bits per heavy atom. The Balaban J connectivity index is 1.54. The van der Waals surface area contributed by atoms with E-state index in [1.165, 1.54) is 5.56 Å². The monoisotopic (exact) mass is 414 g/mol. The van der Waals surface area contributed by atoms with Crippen LogP contribution in [-0.2, 0) is 18.3 Å². The zero-order valence-electron chi connectivity index (χ0n) is 17.6. The van der Waals surface area contributed by atoms with Crippen molar-refractivity contribution in [2.75, 3.05) is 13.1 Å². The van der Waals surface area contributed by atoms with Crippen molar-refractivity contribution in [3.8, 4) is 11.5 Å². The Bertz CT molecular complexity index is 1280. The molecule has 5 heteroatoms. The number of fused-ring (bicyclic) bond motifs is 4. The number of aliphatic hydroxyl groups is 1. The third kappa shape index (κ3) is 1.91. The molecule has 1 aromatic heterocycles. The van der Waals surface area contributed by atoms with Crippen LogP contribution in [-0.4, -0.2) is 44.8 Å². The molecule has 1 saturated heterocycles. The number of benzene rings is 2. The molecule has 5 nitrogen and oxygen atoms in total. The zero-order chi connectivity index (χ0) is 21.0. The number of nitrogens with one attached hydrogen (secondary N) is 1. The average molecular weight is 415 g/mol. The van der Waals surface area contributed by atoms with Crippen molar-refractivity contribution in [3.63, 3.8) is 0 Å². The molecule has 7 rings (SSSR count). The van der Waals surface area contributed by atoms with Gasteiger partial charge in [0.25, 0.3) is 0 Å². The SMILES string of the molecule is C/C=C/CN1CC[C@]23c4c5ccc(O)c4O[C@H]2c2[nH]c4ccccc4c2C[C@@]3(O)[C@H]1C5. The van der Waals surface area contributed by atoms with Crippen LogP contribution in [0.4, 0.5) is 0 Å². The Hall–Kier alpha value is -2.76. The third-order valence-electron chi connectivity index (χ3n) is 8.45. The number of aromatic nitrogens is 1. The highest BCUT2D eigenvalue weighted by molar-refractivity contribution is 5.86.